The van der Waals surface area contributed by atoms with Gasteiger partial charge in [-0.3, -0.25) is 14.5 Å². The van der Waals surface area contributed by atoms with Crippen LogP contribution in [0.5, 0.6) is 0 Å². The second-order valence-corrected chi connectivity index (χ2v) is 8.33. The Hall–Kier alpha value is -2.94. The zero-order chi connectivity index (χ0) is 21.8. The van der Waals surface area contributed by atoms with Gasteiger partial charge < -0.3 is 15.2 Å². The average molecular weight is 446 g/mol. The molecule has 9 nitrogen and oxygen atoms in total. The number of aromatic nitrogens is 2. The molecule has 1 aliphatic heterocycles. The molecule has 2 aliphatic rings. The summed E-state index contributed by atoms with van der Waals surface area (Å²) in [7, 11) is 0. The highest BCUT2D eigenvalue weighted by atomic mass is 35.5. The fraction of sp³-hybridized carbons (Fsp3) is 0.476. The van der Waals surface area contributed by atoms with Crippen molar-refractivity contribution in [1.29, 1.82) is 0 Å². The fourth-order valence-electron chi connectivity index (χ4n) is 4.04. The van der Waals surface area contributed by atoms with Crippen LogP contribution in [-0.4, -0.2) is 51.5 Å². The summed E-state index contributed by atoms with van der Waals surface area (Å²) in [5.41, 5.74) is 0.0960. The zero-order valence-corrected chi connectivity index (χ0v) is 17.8. The molecule has 4 rings (SSSR count). The Morgan fingerprint density at radius 2 is 1.97 bits per heavy atom. The number of carbonyl (C=O) groups excluding carboxylic acids is 3. The van der Waals surface area contributed by atoms with Crippen LogP contribution < -0.4 is 10.6 Å². The topological polar surface area (TPSA) is 117 Å². The van der Waals surface area contributed by atoms with Gasteiger partial charge in [0.25, 0.3) is 5.91 Å². The molecule has 1 spiro atoms. The van der Waals surface area contributed by atoms with Gasteiger partial charge in [-0.25, -0.2) is 4.79 Å². The number of rotatable bonds is 8. The molecule has 0 bridgehead atoms. The van der Waals surface area contributed by atoms with Gasteiger partial charge in [0.2, 0.25) is 17.6 Å². The molecule has 4 amide bonds. The van der Waals surface area contributed by atoms with Crippen LogP contribution in [0.15, 0.2) is 28.8 Å². The van der Waals surface area contributed by atoms with Gasteiger partial charge >= 0.3 is 6.03 Å². The summed E-state index contributed by atoms with van der Waals surface area (Å²) in [5, 5.41) is 10.2. The first-order valence-corrected chi connectivity index (χ1v) is 10.8. The molecule has 2 heterocycles. The summed E-state index contributed by atoms with van der Waals surface area (Å²) in [6.07, 6.45) is 4.35. The molecule has 1 aliphatic carbocycles. The number of imide groups is 1. The average Bonchev–Trinajstić information content (AvgIpc) is 3.47. The third kappa shape index (κ3) is 4.71. The van der Waals surface area contributed by atoms with E-state index in [4.69, 9.17) is 16.1 Å². The van der Waals surface area contributed by atoms with Crippen LogP contribution in [0.25, 0.3) is 11.4 Å². The minimum atomic E-state index is -0.685. The fourth-order valence-corrected chi connectivity index (χ4v) is 4.17. The Bertz CT molecular complexity index is 968. The van der Waals surface area contributed by atoms with Gasteiger partial charge in [-0.2, -0.15) is 4.98 Å². The molecular weight excluding hydrogens is 422 g/mol. The van der Waals surface area contributed by atoms with Crippen LogP contribution >= 0.6 is 11.6 Å². The first-order valence-electron chi connectivity index (χ1n) is 10.5. The normalized spacial score (nSPS) is 17.4. The molecule has 1 saturated carbocycles. The molecular formula is C21H24ClN5O4. The van der Waals surface area contributed by atoms with Crippen molar-refractivity contribution in [3.05, 3.63) is 35.2 Å². The molecule has 164 valence electrons. The third-order valence-electron chi connectivity index (χ3n) is 5.72. The molecule has 1 aromatic heterocycles. The number of carbonyl (C=O) groups is 3. The SMILES string of the molecule is O=C(CCc1nc(-c2ccc(Cl)cc2)no1)NCCCN1C(=O)NC2(CCCC2)C1=O. The highest BCUT2D eigenvalue weighted by molar-refractivity contribution is 6.30. The molecule has 1 saturated heterocycles. The quantitative estimate of drug-likeness (QED) is 0.476. The van der Waals surface area contributed by atoms with Gasteiger partial charge in [0, 0.05) is 36.5 Å². The maximum absolute atomic E-state index is 12.6. The van der Waals surface area contributed by atoms with Crippen LogP contribution in [0.4, 0.5) is 4.79 Å². The van der Waals surface area contributed by atoms with E-state index in [2.05, 4.69) is 20.8 Å². The van der Waals surface area contributed by atoms with E-state index in [0.717, 1.165) is 18.4 Å². The third-order valence-corrected chi connectivity index (χ3v) is 5.97. The number of hydrogen-bond acceptors (Lipinski definition) is 6. The molecule has 0 radical (unpaired) electrons. The highest BCUT2D eigenvalue weighted by Gasteiger charge is 2.51. The van der Waals surface area contributed by atoms with Crippen molar-refractivity contribution >= 4 is 29.4 Å². The predicted molar refractivity (Wildman–Crippen MR) is 112 cm³/mol. The first-order chi connectivity index (χ1) is 15.0. The van der Waals surface area contributed by atoms with Crippen LogP contribution in [0, 0.1) is 0 Å². The summed E-state index contributed by atoms with van der Waals surface area (Å²) in [4.78, 5) is 42.4. The largest absolute Gasteiger partial charge is 0.356 e. The predicted octanol–water partition coefficient (Wildman–Crippen LogP) is 2.69. The lowest BCUT2D eigenvalue weighted by molar-refractivity contribution is -0.131. The van der Waals surface area contributed by atoms with E-state index in [0.29, 0.717) is 55.5 Å². The van der Waals surface area contributed by atoms with Crippen molar-refractivity contribution in [2.45, 2.75) is 50.5 Å². The van der Waals surface area contributed by atoms with E-state index in [1.807, 2.05) is 0 Å². The monoisotopic (exact) mass is 445 g/mol. The van der Waals surface area contributed by atoms with Gasteiger partial charge in [-0.05, 0) is 43.5 Å². The Kier molecular flexibility index (Phi) is 6.22. The Labute approximate surface area is 184 Å². The number of amides is 4. The van der Waals surface area contributed by atoms with Crippen molar-refractivity contribution in [2.75, 3.05) is 13.1 Å². The van der Waals surface area contributed by atoms with Crippen LogP contribution in [-0.2, 0) is 16.0 Å². The summed E-state index contributed by atoms with van der Waals surface area (Å²) in [6, 6.07) is 6.75. The number of benzene rings is 1. The second kappa shape index (κ2) is 9.05. The lowest BCUT2D eigenvalue weighted by atomic mass is 9.98. The second-order valence-electron chi connectivity index (χ2n) is 7.90. The first kappa shape index (κ1) is 21.3. The van der Waals surface area contributed by atoms with E-state index in [-0.39, 0.29) is 24.3 Å². The van der Waals surface area contributed by atoms with Crippen LogP contribution in [0.1, 0.15) is 44.4 Å². The smallest absolute Gasteiger partial charge is 0.325 e. The number of hydrogen-bond donors (Lipinski definition) is 2. The molecule has 0 atom stereocenters. The van der Waals surface area contributed by atoms with E-state index < -0.39 is 5.54 Å². The lowest BCUT2D eigenvalue weighted by Gasteiger charge is -2.20. The van der Waals surface area contributed by atoms with E-state index >= 15 is 0 Å². The van der Waals surface area contributed by atoms with Gasteiger partial charge in [-0.15, -0.1) is 0 Å². The number of halogens is 1. The standard InChI is InChI=1S/C21H24ClN5O4/c22-15-6-4-14(5-7-15)18-24-17(31-26-18)9-8-16(28)23-12-3-13-27-19(29)21(25-20(27)30)10-1-2-11-21/h4-7H,1-3,8-13H2,(H,23,28)(H,25,30). The molecule has 1 aromatic carbocycles. The number of aryl methyl sites for hydroxylation is 1. The Balaban J connectivity index is 1.17. The summed E-state index contributed by atoms with van der Waals surface area (Å²) < 4.78 is 5.20. The van der Waals surface area contributed by atoms with E-state index in [9.17, 15) is 14.4 Å². The molecule has 2 N–H and O–H groups in total. The Morgan fingerprint density at radius 1 is 1.23 bits per heavy atom. The van der Waals surface area contributed by atoms with Crippen LogP contribution in [0.3, 0.4) is 0 Å². The van der Waals surface area contributed by atoms with Gasteiger partial charge in [0.1, 0.15) is 5.54 Å². The van der Waals surface area contributed by atoms with Crippen molar-refractivity contribution in [2.24, 2.45) is 0 Å². The van der Waals surface area contributed by atoms with E-state index in [1.165, 1.54) is 4.90 Å². The number of nitrogens with zero attached hydrogens (tertiary/aromatic N) is 3. The van der Waals surface area contributed by atoms with Crippen molar-refractivity contribution in [1.82, 2.24) is 25.7 Å². The molecule has 31 heavy (non-hydrogen) atoms. The van der Waals surface area contributed by atoms with E-state index in [1.54, 1.807) is 24.3 Å². The van der Waals surface area contributed by atoms with Crippen LogP contribution in [0.2, 0.25) is 5.02 Å². The minimum Gasteiger partial charge on any atom is -0.356 e. The molecule has 10 heteroatoms. The summed E-state index contributed by atoms with van der Waals surface area (Å²) in [5.74, 6) is 0.534. The summed E-state index contributed by atoms with van der Waals surface area (Å²) in [6.45, 7) is 0.670. The number of nitrogens with one attached hydrogen (secondary N) is 2. The van der Waals surface area contributed by atoms with Crippen molar-refractivity contribution in [3.63, 3.8) is 0 Å². The van der Waals surface area contributed by atoms with Gasteiger partial charge in [0.15, 0.2) is 0 Å². The van der Waals surface area contributed by atoms with Gasteiger partial charge in [0.05, 0.1) is 0 Å². The lowest BCUT2D eigenvalue weighted by Crippen LogP contribution is -2.44. The maximum Gasteiger partial charge on any atom is 0.325 e. The van der Waals surface area contributed by atoms with Crippen molar-refractivity contribution in [3.8, 4) is 11.4 Å². The maximum atomic E-state index is 12.6. The number of urea groups is 1. The van der Waals surface area contributed by atoms with Crippen molar-refractivity contribution < 1.29 is 18.9 Å². The summed E-state index contributed by atoms with van der Waals surface area (Å²) >= 11 is 5.87. The Morgan fingerprint density at radius 3 is 2.71 bits per heavy atom. The molecule has 0 unspecified atom stereocenters. The highest BCUT2D eigenvalue weighted by Crippen LogP contribution is 2.35. The molecule has 2 fully saturated rings. The molecule has 2 aromatic rings. The minimum absolute atomic E-state index is 0.130. The zero-order valence-electron chi connectivity index (χ0n) is 17.0. The van der Waals surface area contributed by atoms with Gasteiger partial charge in [-0.1, -0.05) is 29.6 Å².